The Kier molecular flexibility index (Phi) is 6.00. The molecule has 0 amide bonds. The van der Waals surface area contributed by atoms with E-state index in [9.17, 15) is 9.90 Å². The molecule has 3 atom stereocenters. The maximum Gasteiger partial charge on any atom is 0.164 e. The summed E-state index contributed by atoms with van der Waals surface area (Å²) < 4.78 is 0. The van der Waals surface area contributed by atoms with Crippen molar-refractivity contribution >= 4 is 5.78 Å². The Labute approximate surface area is 150 Å². The summed E-state index contributed by atoms with van der Waals surface area (Å²) in [5.74, 6) is 0.210. The van der Waals surface area contributed by atoms with Gasteiger partial charge in [0, 0.05) is 24.1 Å². The number of benzene rings is 2. The molecule has 3 nitrogen and oxygen atoms in total. The number of hydrogen-bond acceptors (Lipinski definition) is 3. The minimum absolute atomic E-state index is 0.210. The van der Waals surface area contributed by atoms with E-state index in [1.165, 1.54) is 0 Å². The minimum atomic E-state index is -0.447. The Morgan fingerprint density at radius 3 is 2.32 bits per heavy atom. The van der Waals surface area contributed by atoms with Gasteiger partial charge in [-0.05, 0) is 31.9 Å². The summed E-state index contributed by atoms with van der Waals surface area (Å²) in [7, 11) is 2.10. The van der Waals surface area contributed by atoms with Crippen LogP contribution in [0.3, 0.4) is 0 Å². The largest absolute Gasteiger partial charge is 0.388 e. The Morgan fingerprint density at radius 2 is 1.64 bits per heavy atom. The number of likely N-dealkylation sites (tertiary alicyclic amines) is 1. The molecule has 2 aromatic rings. The second-order valence-electron chi connectivity index (χ2n) is 7.06. The quantitative estimate of drug-likeness (QED) is 0.802. The van der Waals surface area contributed by atoms with Gasteiger partial charge in [0.25, 0.3) is 0 Å². The molecule has 0 saturated carbocycles. The molecule has 1 aliphatic rings. The van der Waals surface area contributed by atoms with Crippen LogP contribution >= 0.6 is 0 Å². The predicted octanol–water partition coefficient (Wildman–Crippen LogP) is 4.24. The monoisotopic (exact) mass is 337 g/mol. The topological polar surface area (TPSA) is 40.5 Å². The third-order valence-electron chi connectivity index (χ3n) is 5.42. The smallest absolute Gasteiger partial charge is 0.164 e. The van der Waals surface area contributed by atoms with Crippen molar-refractivity contribution in [3.63, 3.8) is 0 Å². The van der Waals surface area contributed by atoms with Gasteiger partial charge >= 0.3 is 0 Å². The molecular weight excluding hydrogens is 310 g/mol. The molecule has 1 fully saturated rings. The van der Waals surface area contributed by atoms with Crippen LogP contribution in [-0.2, 0) is 0 Å². The van der Waals surface area contributed by atoms with Gasteiger partial charge in [0.1, 0.15) is 0 Å². The van der Waals surface area contributed by atoms with E-state index in [1.54, 1.807) is 0 Å². The zero-order valence-electron chi connectivity index (χ0n) is 14.8. The standard InChI is InChI=1S/C22H27NO2/c1-23-19(15-21(24)17-9-4-2-5-10-17)13-8-14-20(23)16-22(25)18-11-6-3-7-12-18/h2-7,9-12,19-21,24H,8,13-16H2,1H3/t19-,20-,21+/m0/s1. The first kappa shape index (κ1) is 17.8. The van der Waals surface area contributed by atoms with Gasteiger partial charge in [0.15, 0.2) is 5.78 Å². The minimum Gasteiger partial charge on any atom is -0.388 e. The molecule has 3 heteroatoms. The van der Waals surface area contributed by atoms with Crippen LogP contribution in [0, 0.1) is 0 Å². The molecule has 25 heavy (non-hydrogen) atoms. The van der Waals surface area contributed by atoms with E-state index in [0.29, 0.717) is 12.5 Å². The Hall–Kier alpha value is -1.97. The first-order valence-corrected chi connectivity index (χ1v) is 9.18. The van der Waals surface area contributed by atoms with Crippen LogP contribution in [-0.4, -0.2) is 34.9 Å². The van der Waals surface area contributed by atoms with Crippen LogP contribution in [0.1, 0.15) is 54.1 Å². The molecule has 132 valence electrons. The molecule has 2 aromatic carbocycles. The first-order valence-electron chi connectivity index (χ1n) is 9.18. The Balaban J connectivity index is 1.61. The second kappa shape index (κ2) is 8.41. The number of rotatable bonds is 6. The maximum atomic E-state index is 12.5. The number of aliphatic hydroxyl groups is 1. The number of ketones is 1. The average Bonchev–Trinajstić information content (AvgIpc) is 2.66. The molecule has 1 aliphatic heterocycles. The van der Waals surface area contributed by atoms with Crippen molar-refractivity contribution < 1.29 is 9.90 Å². The summed E-state index contributed by atoms with van der Waals surface area (Å²) in [4.78, 5) is 14.8. The van der Waals surface area contributed by atoms with Gasteiger partial charge in [-0.3, -0.25) is 9.69 Å². The van der Waals surface area contributed by atoms with E-state index < -0.39 is 6.10 Å². The fraction of sp³-hybridized carbons (Fsp3) is 0.409. The van der Waals surface area contributed by atoms with Crippen LogP contribution < -0.4 is 0 Å². The number of carbonyl (C=O) groups is 1. The number of aliphatic hydroxyl groups excluding tert-OH is 1. The highest BCUT2D eigenvalue weighted by Gasteiger charge is 2.30. The molecule has 0 spiro atoms. The lowest BCUT2D eigenvalue weighted by molar-refractivity contribution is 0.0549. The molecule has 0 aromatic heterocycles. The molecule has 1 saturated heterocycles. The van der Waals surface area contributed by atoms with Crippen molar-refractivity contribution in [3.8, 4) is 0 Å². The summed E-state index contributed by atoms with van der Waals surface area (Å²) in [5, 5.41) is 10.5. The average molecular weight is 337 g/mol. The number of Topliss-reactive ketones (excluding diaryl/α,β-unsaturated/α-hetero) is 1. The van der Waals surface area contributed by atoms with Gasteiger partial charge in [-0.15, -0.1) is 0 Å². The Morgan fingerprint density at radius 1 is 1.04 bits per heavy atom. The number of carbonyl (C=O) groups excluding carboxylic acids is 1. The summed E-state index contributed by atoms with van der Waals surface area (Å²) in [6, 6.07) is 20.0. The maximum absolute atomic E-state index is 12.5. The van der Waals surface area contributed by atoms with Crippen LogP contribution in [0.2, 0.25) is 0 Å². The van der Waals surface area contributed by atoms with Crippen LogP contribution in [0.15, 0.2) is 60.7 Å². The molecule has 1 heterocycles. The molecule has 0 aliphatic carbocycles. The van der Waals surface area contributed by atoms with E-state index in [2.05, 4.69) is 11.9 Å². The molecule has 1 N–H and O–H groups in total. The van der Waals surface area contributed by atoms with Gasteiger partial charge < -0.3 is 5.11 Å². The van der Waals surface area contributed by atoms with Gasteiger partial charge in [-0.1, -0.05) is 67.1 Å². The predicted molar refractivity (Wildman–Crippen MR) is 101 cm³/mol. The van der Waals surface area contributed by atoms with Gasteiger partial charge in [-0.25, -0.2) is 0 Å². The fourth-order valence-corrected chi connectivity index (χ4v) is 3.85. The first-order chi connectivity index (χ1) is 12.1. The lowest BCUT2D eigenvalue weighted by Crippen LogP contribution is -2.45. The molecular formula is C22H27NO2. The second-order valence-corrected chi connectivity index (χ2v) is 7.06. The van der Waals surface area contributed by atoms with E-state index in [1.807, 2.05) is 60.7 Å². The van der Waals surface area contributed by atoms with E-state index >= 15 is 0 Å². The third kappa shape index (κ3) is 4.56. The lowest BCUT2D eigenvalue weighted by atomic mass is 9.88. The zero-order chi connectivity index (χ0) is 17.6. The molecule has 0 radical (unpaired) electrons. The lowest BCUT2D eigenvalue weighted by Gasteiger charge is -2.40. The zero-order valence-corrected chi connectivity index (χ0v) is 14.8. The highest BCUT2D eigenvalue weighted by Crippen LogP contribution is 2.30. The number of nitrogens with zero attached hydrogens (tertiary/aromatic N) is 1. The van der Waals surface area contributed by atoms with Gasteiger partial charge in [0.2, 0.25) is 0 Å². The Bertz CT molecular complexity index is 671. The van der Waals surface area contributed by atoms with E-state index in [-0.39, 0.29) is 11.8 Å². The van der Waals surface area contributed by atoms with Crippen LogP contribution in [0.25, 0.3) is 0 Å². The number of hydrogen-bond donors (Lipinski definition) is 1. The van der Waals surface area contributed by atoms with E-state index in [0.717, 1.165) is 36.8 Å². The van der Waals surface area contributed by atoms with Crippen molar-refractivity contribution in [2.45, 2.75) is 50.3 Å². The van der Waals surface area contributed by atoms with Crippen LogP contribution in [0.5, 0.6) is 0 Å². The third-order valence-corrected chi connectivity index (χ3v) is 5.42. The highest BCUT2D eigenvalue weighted by atomic mass is 16.3. The summed E-state index contributed by atoms with van der Waals surface area (Å²) in [6.07, 6.45) is 4.07. The number of piperidine rings is 1. The molecule has 0 unspecified atom stereocenters. The summed E-state index contributed by atoms with van der Waals surface area (Å²) >= 11 is 0. The van der Waals surface area contributed by atoms with Crippen molar-refractivity contribution in [2.24, 2.45) is 0 Å². The summed E-state index contributed by atoms with van der Waals surface area (Å²) in [5.41, 5.74) is 1.76. The normalized spacial score (nSPS) is 22.5. The van der Waals surface area contributed by atoms with Crippen molar-refractivity contribution in [1.29, 1.82) is 0 Å². The van der Waals surface area contributed by atoms with Crippen molar-refractivity contribution in [3.05, 3.63) is 71.8 Å². The van der Waals surface area contributed by atoms with Crippen LogP contribution in [0.4, 0.5) is 0 Å². The molecule has 3 rings (SSSR count). The van der Waals surface area contributed by atoms with Gasteiger partial charge in [-0.2, -0.15) is 0 Å². The fourth-order valence-electron chi connectivity index (χ4n) is 3.85. The highest BCUT2D eigenvalue weighted by molar-refractivity contribution is 5.96. The van der Waals surface area contributed by atoms with Crippen molar-refractivity contribution in [2.75, 3.05) is 7.05 Å². The summed E-state index contributed by atoms with van der Waals surface area (Å²) in [6.45, 7) is 0. The van der Waals surface area contributed by atoms with Crippen molar-refractivity contribution in [1.82, 2.24) is 4.90 Å². The van der Waals surface area contributed by atoms with E-state index in [4.69, 9.17) is 0 Å². The molecule has 0 bridgehead atoms. The van der Waals surface area contributed by atoms with Gasteiger partial charge in [0.05, 0.1) is 6.10 Å². The SMILES string of the molecule is CN1[C@H](CC(=O)c2ccccc2)CCC[C@H]1C[C@@H](O)c1ccccc1.